The highest BCUT2D eigenvalue weighted by atomic mass is 32.7. The highest BCUT2D eigenvalue weighted by Crippen LogP contribution is 2.62. The number of rotatable bonds is 17. The zero-order valence-electron chi connectivity index (χ0n) is 30.3. The predicted molar refractivity (Wildman–Crippen MR) is 200 cm³/mol. The summed E-state index contributed by atoms with van der Waals surface area (Å²) in [4.78, 5) is 12.8. The average Bonchev–Trinajstić information content (AvgIpc) is 3.85. The van der Waals surface area contributed by atoms with E-state index in [1.807, 2.05) is 73.7 Å². The standard InChI is InChI=1S/C40H51O10PS/c1-4-35-37(24-26-45-35)50-51(42,52-28-47-39(41)29-11-7-5-8-12-29)48-27-38-36(23-25-46-38)49-40(30-13-9-6-10-14-30,31-15-19-33(43-2)20-16-31)32-17-21-34(44-3)22-18-32/h6,9-10,13-22,29,35-38H,4-5,7-8,11-12,23-28H2,1-3H3/t35-,36?,37?,38-,51+/m1/s1. The van der Waals surface area contributed by atoms with E-state index in [9.17, 15) is 9.36 Å². The molecule has 3 aliphatic rings. The van der Waals surface area contributed by atoms with Gasteiger partial charge in [0.25, 0.3) is 0 Å². The molecule has 2 unspecified atom stereocenters. The normalized spacial score (nSPS) is 23.6. The quantitative estimate of drug-likeness (QED) is 0.0572. The first-order valence-electron chi connectivity index (χ1n) is 18.4. The van der Waals surface area contributed by atoms with Gasteiger partial charge in [0.05, 0.1) is 45.1 Å². The monoisotopic (exact) mass is 754 g/mol. The molecule has 3 fully saturated rings. The van der Waals surface area contributed by atoms with Crippen LogP contribution in [0.15, 0.2) is 78.9 Å². The molecule has 10 nitrogen and oxygen atoms in total. The van der Waals surface area contributed by atoms with Gasteiger partial charge < -0.3 is 28.4 Å². The molecule has 12 heteroatoms. The topological polar surface area (TPSA) is 108 Å². The first-order chi connectivity index (χ1) is 25.4. The lowest BCUT2D eigenvalue weighted by molar-refractivity contribution is -0.147. The summed E-state index contributed by atoms with van der Waals surface area (Å²) in [5.41, 5.74) is 1.65. The summed E-state index contributed by atoms with van der Waals surface area (Å²) in [6.07, 6.45) is 5.11. The van der Waals surface area contributed by atoms with Crippen LogP contribution < -0.4 is 9.47 Å². The zero-order valence-corrected chi connectivity index (χ0v) is 32.0. The fraction of sp³-hybridized carbons (Fsp3) is 0.525. The van der Waals surface area contributed by atoms with Crippen molar-refractivity contribution in [1.82, 2.24) is 0 Å². The van der Waals surface area contributed by atoms with Crippen molar-refractivity contribution in [1.29, 1.82) is 0 Å². The molecule has 0 aromatic heterocycles. The van der Waals surface area contributed by atoms with Crippen LogP contribution in [0, 0.1) is 5.92 Å². The van der Waals surface area contributed by atoms with Gasteiger partial charge in [0, 0.05) is 31.0 Å². The maximum absolute atomic E-state index is 14.5. The van der Waals surface area contributed by atoms with E-state index < -0.39 is 30.7 Å². The van der Waals surface area contributed by atoms with E-state index in [2.05, 4.69) is 12.1 Å². The zero-order chi connectivity index (χ0) is 36.4. The minimum atomic E-state index is -3.84. The van der Waals surface area contributed by atoms with Crippen LogP contribution in [0.5, 0.6) is 11.5 Å². The molecule has 52 heavy (non-hydrogen) atoms. The van der Waals surface area contributed by atoms with E-state index in [1.165, 1.54) is 0 Å². The lowest BCUT2D eigenvalue weighted by Crippen LogP contribution is -2.41. The lowest BCUT2D eigenvalue weighted by Gasteiger charge is -2.39. The van der Waals surface area contributed by atoms with E-state index in [1.54, 1.807) is 14.2 Å². The molecule has 3 aromatic rings. The highest BCUT2D eigenvalue weighted by Gasteiger charge is 2.45. The Labute approximate surface area is 311 Å². The number of hydrogen-bond donors (Lipinski definition) is 0. The first kappa shape index (κ1) is 38.8. The van der Waals surface area contributed by atoms with Crippen LogP contribution in [0.3, 0.4) is 0 Å². The number of benzene rings is 3. The molecular formula is C40H51O10PS. The minimum Gasteiger partial charge on any atom is -0.497 e. The van der Waals surface area contributed by atoms with Crippen LogP contribution in [0.2, 0.25) is 0 Å². The highest BCUT2D eigenvalue weighted by molar-refractivity contribution is 8.55. The molecule has 1 saturated carbocycles. The molecule has 5 atom stereocenters. The summed E-state index contributed by atoms with van der Waals surface area (Å²) in [6, 6.07) is 25.8. The van der Waals surface area contributed by atoms with Gasteiger partial charge >= 0.3 is 12.8 Å². The largest absolute Gasteiger partial charge is 0.497 e. The van der Waals surface area contributed by atoms with Crippen LogP contribution in [-0.4, -0.2) is 70.4 Å². The van der Waals surface area contributed by atoms with Crippen molar-refractivity contribution in [3.63, 3.8) is 0 Å². The van der Waals surface area contributed by atoms with E-state index in [0.717, 1.165) is 71.7 Å². The molecule has 1 aliphatic carbocycles. The van der Waals surface area contributed by atoms with E-state index in [4.69, 9.17) is 37.5 Å². The van der Waals surface area contributed by atoms with Crippen LogP contribution >= 0.6 is 18.2 Å². The van der Waals surface area contributed by atoms with Crippen LogP contribution in [-0.2, 0) is 43.0 Å². The Kier molecular flexibility index (Phi) is 13.8. The van der Waals surface area contributed by atoms with Crippen LogP contribution in [0.4, 0.5) is 0 Å². The third kappa shape index (κ3) is 9.24. The summed E-state index contributed by atoms with van der Waals surface area (Å²) >= 11 is 0.903. The average molecular weight is 755 g/mol. The number of ether oxygens (including phenoxy) is 6. The summed E-state index contributed by atoms with van der Waals surface area (Å²) in [5, 5.41) is 0. The van der Waals surface area contributed by atoms with Gasteiger partial charge in [0.15, 0.2) is 0 Å². The van der Waals surface area contributed by atoms with E-state index in [-0.39, 0.29) is 30.5 Å². The smallest absolute Gasteiger partial charge is 0.392 e. The SMILES string of the molecule is CC[C@H]1OCCC1O[P@](=O)(OC[C@H]1OCCC1OC(c1ccccc1)(c1ccc(OC)cc1)c1ccc(OC)cc1)SCOC(=O)C1CCCCC1. The van der Waals surface area contributed by atoms with Crippen molar-refractivity contribution in [2.45, 2.75) is 88.3 Å². The van der Waals surface area contributed by atoms with Gasteiger partial charge in [-0.1, -0.05) is 80.8 Å². The molecule has 2 heterocycles. The van der Waals surface area contributed by atoms with Crippen molar-refractivity contribution in [3.8, 4) is 11.5 Å². The Hall–Kier alpha value is -2.89. The molecule has 2 saturated heterocycles. The maximum Gasteiger partial charge on any atom is 0.392 e. The number of methoxy groups -OCH3 is 2. The minimum absolute atomic E-state index is 0.0496. The Morgan fingerprint density at radius 3 is 1.94 bits per heavy atom. The second-order valence-electron chi connectivity index (χ2n) is 13.4. The predicted octanol–water partition coefficient (Wildman–Crippen LogP) is 8.69. The van der Waals surface area contributed by atoms with Crippen LogP contribution in [0.1, 0.15) is 75.0 Å². The number of carbonyl (C=O) groups is 1. The fourth-order valence-corrected chi connectivity index (χ4v) is 10.2. The molecule has 0 radical (unpaired) electrons. The van der Waals surface area contributed by atoms with Crippen molar-refractivity contribution >= 4 is 24.1 Å². The first-order valence-corrected chi connectivity index (χ1v) is 21.5. The molecule has 0 N–H and O–H groups in total. The second-order valence-corrected chi connectivity index (χ2v) is 17.4. The number of carbonyl (C=O) groups excluding carboxylic acids is 1. The van der Waals surface area contributed by atoms with Gasteiger partial charge in [-0.25, -0.2) is 4.57 Å². The number of hydrogen-bond acceptors (Lipinski definition) is 11. The summed E-state index contributed by atoms with van der Waals surface area (Å²) < 4.78 is 62.9. The van der Waals surface area contributed by atoms with Gasteiger partial charge in [-0.05, 0) is 66.6 Å². The lowest BCUT2D eigenvalue weighted by atomic mass is 9.79. The molecular weight excluding hydrogens is 703 g/mol. The van der Waals surface area contributed by atoms with Crippen molar-refractivity contribution < 1.29 is 46.8 Å². The molecule has 3 aromatic carbocycles. The van der Waals surface area contributed by atoms with E-state index in [0.29, 0.717) is 32.5 Å². The summed E-state index contributed by atoms with van der Waals surface area (Å²) in [5.74, 6) is 0.956. The molecule has 282 valence electrons. The van der Waals surface area contributed by atoms with Gasteiger partial charge in [-0.15, -0.1) is 0 Å². The maximum atomic E-state index is 14.5. The second kappa shape index (κ2) is 18.4. The van der Waals surface area contributed by atoms with Crippen molar-refractivity contribution in [2.75, 3.05) is 40.0 Å². The Bertz CT molecular complexity index is 1550. The molecule has 0 spiro atoms. The van der Waals surface area contributed by atoms with Gasteiger partial charge in [0.1, 0.15) is 29.1 Å². The third-order valence-electron chi connectivity index (χ3n) is 10.2. The third-order valence-corrected chi connectivity index (χ3v) is 13.6. The van der Waals surface area contributed by atoms with E-state index >= 15 is 0 Å². The van der Waals surface area contributed by atoms with Crippen molar-refractivity contribution in [3.05, 3.63) is 95.6 Å². The van der Waals surface area contributed by atoms with Gasteiger partial charge in [-0.2, -0.15) is 0 Å². The summed E-state index contributed by atoms with van der Waals surface area (Å²) in [6.45, 7) is -0.932. The Balaban J connectivity index is 1.25. The van der Waals surface area contributed by atoms with Gasteiger partial charge in [0.2, 0.25) is 0 Å². The molecule has 6 rings (SSSR count). The number of esters is 1. The molecule has 2 aliphatic heterocycles. The van der Waals surface area contributed by atoms with Crippen molar-refractivity contribution in [2.24, 2.45) is 5.92 Å². The van der Waals surface area contributed by atoms with Crippen LogP contribution in [0.25, 0.3) is 0 Å². The fourth-order valence-electron chi connectivity index (χ4n) is 7.34. The summed E-state index contributed by atoms with van der Waals surface area (Å²) in [7, 11) is 3.28. The van der Waals surface area contributed by atoms with Gasteiger partial charge in [-0.3, -0.25) is 13.8 Å². The molecule has 0 bridgehead atoms. The Morgan fingerprint density at radius 2 is 1.35 bits per heavy atom. The molecule has 0 amide bonds. The Morgan fingerprint density at radius 1 is 0.769 bits per heavy atom.